The van der Waals surface area contributed by atoms with E-state index in [1.54, 1.807) is 19.4 Å². The molecule has 0 atom stereocenters. The minimum Gasteiger partial charge on any atom is -0.497 e. The van der Waals surface area contributed by atoms with Gasteiger partial charge in [0.15, 0.2) is 5.01 Å². The molecule has 0 bridgehead atoms. The highest BCUT2D eigenvalue weighted by Gasteiger charge is 2.22. The second kappa shape index (κ2) is 5.81. The Kier molecular flexibility index (Phi) is 3.83. The predicted octanol–water partition coefficient (Wildman–Crippen LogP) is 2.06. The number of aromatic nitrogens is 3. The van der Waals surface area contributed by atoms with Crippen molar-refractivity contribution in [3.05, 3.63) is 40.0 Å². The zero-order chi connectivity index (χ0) is 16.6. The van der Waals surface area contributed by atoms with Gasteiger partial charge in [0.25, 0.3) is 0 Å². The molecule has 1 aromatic carbocycles. The van der Waals surface area contributed by atoms with Gasteiger partial charge in [-0.25, -0.2) is 4.79 Å². The molecule has 3 rings (SSSR count). The summed E-state index contributed by atoms with van der Waals surface area (Å²) in [6.45, 7) is 0. The molecule has 23 heavy (non-hydrogen) atoms. The van der Waals surface area contributed by atoms with E-state index in [0.717, 1.165) is 22.2 Å². The number of esters is 1. The van der Waals surface area contributed by atoms with Gasteiger partial charge in [0, 0.05) is 24.1 Å². The summed E-state index contributed by atoms with van der Waals surface area (Å²) in [5.41, 5.74) is 1.38. The summed E-state index contributed by atoms with van der Waals surface area (Å²) in [7, 11) is 4.67. The van der Waals surface area contributed by atoms with Crippen molar-refractivity contribution in [1.29, 1.82) is 0 Å². The number of carbonyl (C=O) groups is 2. The number of nitrogens with zero attached hydrogens (tertiary/aromatic N) is 3. The number of carbonyl (C=O) groups excluding carboxylic acids is 2. The van der Waals surface area contributed by atoms with E-state index in [1.807, 2.05) is 23.7 Å². The van der Waals surface area contributed by atoms with Crippen LogP contribution in [0.4, 0.5) is 0 Å². The van der Waals surface area contributed by atoms with Crippen molar-refractivity contribution < 1.29 is 19.1 Å². The van der Waals surface area contributed by atoms with Crippen LogP contribution in [0.15, 0.2) is 24.4 Å². The summed E-state index contributed by atoms with van der Waals surface area (Å²) < 4.78 is 11.6. The molecule has 2 aromatic heterocycles. The van der Waals surface area contributed by atoms with Crippen LogP contribution in [0.25, 0.3) is 10.9 Å². The SMILES string of the molecule is COC(=O)c1nnc(C(=O)c2cn(C)c3ccc(OC)cc23)s1. The zero-order valence-electron chi connectivity index (χ0n) is 12.7. The van der Waals surface area contributed by atoms with E-state index in [2.05, 4.69) is 14.9 Å². The Morgan fingerprint density at radius 2 is 1.91 bits per heavy atom. The number of rotatable bonds is 4. The van der Waals surface area contributed by atoms with Crippen LogP contribution >= 0.6 is 11.3 Å². The van der Waals surface area contributed by atoms with Gasteiger partial charge in [-0.15, -0.1) is 10.2 Å². The van der Waals surface area contributed by atoms with E-state index in [1.165, 1.54) is 7.11 Å². The Bertz CT molecular complexity index is 913. The standard InChI is InChI=1S/C15H13N3O4S/c1-18-7-10(9-6-8(21-2)4-5-11(9)18)12(19)13-16-17-14(23-13)15(20)22-3/h4-7H,1-3H3. The van der Waals surface area contributed by atoms with Crippen LogP contribution in [-0.2, 0) is 11.8 Å². The molecule has 3 aromatic rings. The first-order chi connectivity index (χ1) is 11.0. The fourth-order valence-electron chi connectivity index (χ4n) is 2.28. The van der Waals surface area contributed by atoms with Crippen molar-refractivity contribution in [1.82, 2.24) is 14.8 Å². The minimum absolute atomic E-state index is 0.0497. The molecular formula is C15H13N3O4S. The lowest BCUT2D eigenvalue weighted by Gasteiger charge is -2.01. The smallest absolute Gasteiger partial charge is 0.369 e. The van der Waals surface area contributed by atoms with Crippen LogP contribution in [-0.4, -0.2) is 40.7 Å². The Morgan fingerprint density at radius 1 is 1.17 bits per heavy atom. The molecule has 0 aliphatic rings. The first-order valence-corrected chi connectivity index (χ1v) is 7.46. The van der Waals surface area contributed by atoms with Crippen molar-refractivity contribution in [2.75, 3.05) is 14.2 Å². The third-order valence-corrected chi connectivity index (χ3v) is 4.32. The van der Waals surface area contributed by atoms with Gasteiger partial charge < -0.3 is 14.0 Å². The Labute approximate surface area is 135 Å². The fraction of sp³-hybridized carbons (Fsp3) is 0.200. The first-order valence-electron chi connectivity index (χ1n) is 6.64. The van der Waals surface area contributed by atoms with Gasteiger partial charge in [-0.2, -0.15) is 0 Å². The number of hydrogen-bond acceptors (Lipinski definition) is 7. The fourth-order valence-corrected chi connectivity index (χ4v) is 2.99. The van der Waals surface area contributed by atoms with Crippen molar-refractivity contribution in [2.45, 2.75) is 0 Å². The molecule has 0 unspecified atom stereocenters. The van der Waals surface area contributed by atoms with Gasteiger partial charge in [0.1, 0.15) is 5.75 Å². The lowest BCUT2D eigenvalue weighted by molar-refractivity contribution is 0.0599. The topological polar surface area (TPSA) is 83.3 Å². The van der Waals surface area contributed by atoms with Crippen molar-refractivity contribution in [3.8, 4) is 5.75 Å². The highest BCUT2D eigenvalue weighted by molar-refractivity contribution is 7.15. The molecule has 0 amide bonds. The highest BCUT2D eigenvalue weighted by atomic mass is 32.1. The number of fused-ring (bicyclic) bond motifs is 1. The monoisotopic (exact) mass is 331 g/mol. The quantitative estimate of drug-likeness (QED) is 0.537. The molecular weight excluding hydrogens is 318 g/mol. The predicted molar refractivity (Wildman–Crippen MR) is 84.2 cm³/mol. The minimum atomic E-state index is -0.610. The first kappa shape index (κ1) is 15.2. The van der Waals surface area contributed by atoms with E-state index >= 15 is 0 Å². The van der Waals surface area contributed by atoms with Gasteiger partial charge in [0.05, 0.1) is 19.8 Å². The van der Waals surface area contributed by atoms with Gasteiger partial charge in [-0.1, -0.05) is 11.3 Å². The Hall–Kier alpha value is -2.74. The molecule has 0 spiro atoms. The van der Waals surface area contributed by atoms with Crippen molar-refractivity contribution >= 4 is 34.0 Å². The van der Waals surface area contributed by atoms with Crippen LogP contribution in [0.1, 0.15) is 25.2 Å². The molecule has 0 fully saturated rings. The lowest BCUT2D eigenvalue weighted by Crippen LogP contribution is -2.00. The molecule has 7 nitrogen and oxygen atoms in total. The zero-order valence-corrected chi connectivity index (χ0v) is 13.5. The average molecular weight is 331 g/mol. The van der Waals surface area contributed by atoms with Crippen LogP contribution in [0.5, 0.6) is 5.75 Å². The lowest BCUT2D eigenvalue weighted by atomic mass is 10.1. The molecule has 0 aliphatic carbocycles. The van der Waals surface area contributed by atoms with E-state index < -0.39 is 5.97 Å². The molecule has 0 radical (unpaired) electrons. The summed E-state index contributed by atoms with van der Waals surface area (Å²) in [6, 6.07) is 5.51. The number of ketones is 1. The van der Waals surface area contributed by atoms with Crippen LogP contribution < -0.4 is 4.74 Å². The summed E-state index contributed by atoms with van der Waals surface area (Å²) in [6.07, 6.45) is 1.73. The van der Waals surface area contributed by atoms with E-state index in [9.17, 15) is 9.59 Å². The van der Waals surface area contributed by atoms with Gasteiger partial charge in [-0.05, 0) is 18.2 Å². The van der Waals surface area contributed by atoms with E-state index in [-0.39, 0.29) is 15.8 Å². The number of aryl methyl sites for hydroxylation is 1. The van der Waals surface area contributed by atoms with E-state index in [4.69, 9.17) is 4.74 Å². The molecule has 2 heterocycles. The van der Waals surface area contributed by atoms with Gasteiger partial charge in [-0.3, -0.25) is 4.79 Å². The Morgan fingerprint density at radius 3 is 2.61 bits per heavy atom. The van der Waals surface area contributed by atoms with Gasteiger partial charge in [0.2, 0.25) is 10.8 Å². The molecule has 0 saturated carbocycles. The van der Waals surface area contributed by atoms with Crippen LogP contribution in [0, 0.1) is 0 Å². The highest BCUT2D eigenvalue weighted by Crippen LogP contribution is 2.28. The molecule has 8 heteroatoms. The second-order valence-corrected chi connectivity index (χ2v) is 5.75. The maximum atomic E-state index is 12.7. The molecule has 0 N–H and O–H groups in total. The molecule has 0 saturated heterocycles. The average Bonchev–Trinajstić information content (AvgIpc) is 3.18. The van der Waals surface area contributed by atoms with Crippen molar-refractivity contribution in [3.63, 3.8) is 0 Å². The molecule has 0 aliphatic heterocycles. The third-order valence-electron chi connectivity index (χ3n) is 3.42. The van der Waals surface area contributed by atoms with Gasteiger partial charge >= 0.3 is 5.97 Å². The van der Waals surface area contributed by atoms with E-state index in [0.29, 0.717) is 11.3 Å². The number of benzene rings is 1. The maximum absolute atomic E-state index is 12.7. The number of hydrogen-bond donors (Lipinski definition) is 0. The Balaban J connectivity index is 2.07. The number of methoxy groups -OCH3 is 2. The summed E-state index contributed by atoms with van der Waals surface area (Å²) >= 11 is 0.909. The summed E-state index contributed by atoms with van der Waals surface area (Å²) in [5, 5.41) is 8.44. The molecule has 118 valence electrons. The van der Waals surface area contributed by atoms with Crippen LogP contribution in [0.3, 0.4) is 0 Å². The van der Waals surface area contributed by atoms with Crippen molar-refractivity contribution in [2.24, 2.45) is 7.05 Å². The maximum Gasteiger partial charge on any atom is 0.369 e. The third kappa shape index (κ3) is 2.57. The summed E-state index contributed by atoms with van der Waals surface area (Å²) in [4.78, 5) is 24.1. The van der Waals surface area contributed by atoms with Crippen LogP contribution in [0.2, 0.25) is 0 Å². The summed E-state index contributed by atoms with van der Waals surface area (Å²) in [5.74, 6) is -0.247. The second-order valence-electron chi connectivity index (χ2n) is 4.77. The number of ether oxygens (including phenoxy) is 2. The largest absolute Gasteiger partial charge is 0.497 e. The normalized spacial score (nSPS) is 10.7.